The molecule has 0 spiro atoms. The Balaban J connectivity index is 1.71. The maximum absolute atomic E-state index is 3.48. The van der Waals surface area contributed by atoms with Gasteiger partial charge in [0.15, 0.2) is 0 Å². The van der Waals surface area contributed by atoms with Gasteiger partial charge in [0.25, 0.3) is 0 Å². The molecule has 2 aliphatic rings. The average molecular weight is 253 g/mol. The molecular weight excluding hydrogens is 222 g/mol. The van der Waals surface area contributed by atoms with Gasteiger partial charge in [-0.15, -0.1) is 0 Å². The number of hydrogen-bond acceptors (Lipinski definition) is 3. The fourth-order valence-corrected chi connectivity index (χ4v) is 3.54. The van der Waals surface area contributed by atoms with Gasteiger partial charge < -0.3 is 15.1 Å². The number of nitrogens with one attached hydrogen (secondary N) is 1. The lowest BCUT2D eigenvalue weighted by atomic mass is 9.85. The Labute approximate surface area is 113 Å². The van der Waals surface area contributed by atoms with Crippen molar-refractivity contribution in [3.63, 3.8) is 0 Å². The zero-order chi connectivity index (χ0) is 12.8. The first-order chi connectivity index (χ1) is 8.77. The van der Waals surface area contributed by atoms with E-state index in [1.165, 1.54) is 71.4 Å². The third-order valence-electron chi connectivity index (χ3n) is 4.83. The number of hydrogen-bond donors (Lipinski definition) is 1. The lowest BCUT2D eigenvalue weighted by Crippen LogP contribution is -2.43. The van der Waals surface area contributed by atoms with E-state index in [2.05, 4.69) is 29.1 Å². The second-order valence-corrected chi connectivity index (χ2v) is 6.25. The molecule has 1 saturated heterocycles. The van der Waals surface area contributed by atoms with E-state index < -0.39 is 0 Å². The van der Waals surface area contributed by atoms with E-state index in [1.54, 1.807) is 0 Å². The van der Waals surface area contributed by atoms with Crippen LogP contribution in [0.5, 0.6) is 0 Å². The molecule has 1 heterocycles. The van der Waals surface area contributed by atoms with Gasteiger partial charge in [0, 0.05) is 32.2 Å². The van der Waals surface area contributed by atoms with Crippen molar-refractivity contribution in [3.8, 4) is 0 Å². The van der Waals surface area contributed by atoms with Gasteiger partial charge in [-0.3, -0.25) is 0 Å². The van der Waals surface area contributed by atoms with E-state index in [4.69, 9.17) is 0 Å². The van der Waals surface area contributed by atoms with Crippen molar-refractivity contribution in [2.75, 3.05) is 46.3 Å². The summed E-state index contributed by atoms with van der Waals surface area (Å²) in [5.41, 5.74) is 0. The summed E-state index contributed by atoms with van der Waals surface area (Å²) in [6.45, 7) is 9.82. The van der Waals surface area contributed by atoms with Crippen molar-refractivity contribution in [3.05, 3.63) is 0 Å². The monoisotopic (exact) mass is 253 g/mol. The van der Waals surface area contributed by atoms with Gasteiger partial charge in [0.05, 0.1) is 0 Å². The van der Waals surface area contributed by atoms with Crippen LogP contribution in [0.25, 0.3) is 0 Å². The van der Waals surface area contributed by atoms with Crippen LogP contribution in [-0.4, -0.2) is 62.2 Å². The summed E-state index contributed by atoms with van der Waals surface area (Å²) in [4.78, 5) is 5.26. The predicted octanol–water partition coefficient (Wildman–Crippen LogP) is 1.79. The highest BCUT2D eigenvalue weighted by Crippen LogP contribution is 2.27. The fraction of sp³-hybridized carbons (Fsp3) is 1.00. The topological polar surface area (TPSA) is 18.5 Å². The molecule has 0 aromatic rings. The quantitative estimate of drug-likeness (QED) is 0.824. The smallest absolute Gasteiger partial charge is 0.0118 e. The first-order valence-corrected chi connectivity index (χ1v) is 7.90. The maximum atomic E-state index is 3.48. The third kappa shape index (κ3) is 4.22. The van der Waals surface area contributed by atoms with Crippen LogP contribution in [0.1, 0.15) is 39.0 Å². The summed E-state index contributed by atoms with van der Waals surface area (Å²) in [5, 5.41) is 3.48. The molecule has 0 aromatic carbocycles. The molecule has 2 rings (SSSR count). The van der Waals surface area contributed by atoms with Crippen LogP contribution in [0, 0.1) is 5.92 Å². The molecule has 3 heteroatoms. The molecule has 0 radical (unpaired) electrons. The molecule has 18 heavy (non-hydrogen) atoms. The summed E-state index contributed by atoms with van der Waals surface area (Å²) in [5.74, 6) is 0.898. The standard InChI is InChI=1S/C15H31N3/c1-14-6-3-4-7-15(14)17(2)12-13-18-10-5-8-16-9-11-18/h14-16H,3-13H2,1-2H3. The second-order valence-electron chi connectivity index (χ2n) is 6.25. The largest absolute Gasteiger partial charge is 0.315 e. The Hall–Kier alpha value is -0.120. The van der Waals surface area contributed by atoms with Gasteiger partial charge >= 0.3 is 0 Å². The number of nitrogens with zero attached hydrogens (tertiary/aromatic N) is 2. The molecule has 0 bridgehead atoms. The minimum atomic E-state index is 0.837. The molecule has 1 saturated carbocycles. The Morgan fingerprint density at radius 2 is 1.94 bits per heavy atom. The van der Waals surface area contributed by atoms with Crippen LogP contribution in [0.4, 0.5) is 0 Å². The molecular formula is C15H31N3. The Bertz CT molecular complexity index is 224. The van der Waals surface area contributed by atoms with Gasteiger partial charge in [-0.2, -0.15) is 0 Å². The van der Waals surface area contributed by atoms with Crippen molar-refractivity contribution >= 4 is 0 Å². The lowest BCUT2D eigenvalue weighted by Gasteiger charge is -2.37. The van der Waals surface area contributed by atoms with Gasteiger partial charge in [0.2, 0.25) is 0 Å². The van der Waals surface area contributed by atoms with E-state index in [1.807, 2.05) is 0 Å². The number of rotatable bonds is 4. The number of likely N-dealkylation sites (N-methyl/N-ethyl adjacent to an activating group) is 1. The molecule has 2 unspecified atom stereocenters. The van der Waals surface area contributed by atoms with Crippen molar-refractivity contribution in [1.82, 2.24) is 15.1 Å². The van der Waals surface area contributed by atoms with Gasteiger partial charge in [-0.25, -0.2) is 0 Å². The van der Waals surface area contributed by atoms with Gasteiger partial charge in [0.1, 0.15) is 0 Å². The van der Waals surface area contributed by atoms with Crippen LogP contribution in [-0.2, 0) is 0 Å². The molecule has 2 fully saturated rings. The van der Waals surface area contributed by atoms with E-state index in [-0.39, 0.29) is 0 Å². The first-order valence-electron chi connectivity index (χ1n) is 7.90. The normalized spacial score (nSPS) is 31.5. The molecule has 1 aliphatic heterocycles. The zero-order valence-corrected chi connectivity index (χ0v) is 12.3. The van der Waals surface area contributed by atoms with E-state index in [0.29, 0.717) is 0 Å². The highest BCUT2D eigenvalue weighted by atomic mass is 15.2. The van der Waals surface area contributed by atoms with E-state index in [0.717, 1.165) is 12.0 Å². The summed E-state index contributed by atoms with van der Waals surface area (Å²) >= 11 is 0. The molecule has 106 valence electrons. The lowest BCUT2D eigenvalue weighted by molar-refractivity contribution is 0.123. The average Bonchev–Trinajstić information content (AvgIpc) is 2.65. The van der Waals surface area contributed by atoms with Crippen LogP contribution < -0.4 is 5.32 Å². The molecule has 0 amide bonds. The fourth-order valence-electron chi connectivity index (χ4n) is 3.54. The SMILES string of the molecule is CC1CCCCC1N(C)CCN1CCCNCC1. The Morgan fingerprint density at radius 1 is 1.11 bits per heavy atom. The summed E-state index contributed by atoms with van der Waals surface area (Å²) in [6.07, 6.45) is 7.04. The maximum Gasteiger partial charge on any atom is 0.0118 e. The second kappa shape index (κ2) is 7.46. The van der Waals surface area contributed by atoms with Crippen LogP contribution in [0.2, 0.25) is 0 Å². The Kier molecular flexibility index (Phi) is 5.93. The molecule has 2 atom stereocenters. The van der Waals surface area contributed by atoms with Crippen LogP contribution in [0.15, 0.2) is 0 Å². The minimum Gasteiger partial charge on any atom is -0.315 e. The molecule has 3 nitrogen and oxygen atoms in total. The van der Waals surface area contributed by atoms with Crippen molar-refractivity contribution in [2.24, 2.45) is 5.92 Å². The van der Waals surface area contributed by atoms with Crippen LogP contribution in [0.3, 0.4) is 0 Å². The van der Waals surface area contributed by atoms with Gasteiger partial charge in [-0.1, -0.05) is 19.8 Å². The van der Waals surface area contributed by atoms with Crippen molar-refractivity contribution in [2.45, 2.75) is 45.1 Å². The zero-order valence-electron chi connectivity index (χ0n) is 12.3. The Morgan fingerprint density at radius 3 is 2.78 bits per heavy atom. The summed E-state index contributed by atoms with van der Waals surface area (Å²) < 4.78 is 0. The summed E-state index contributed by atoms with van der Waals surface area (Å²) in [7, 11) is 2.34. The van der Waals surface area contributed by atoms with E-state index >= 15 is 0 Å². The van der Waals surface area contributed by atoms with Crippen LogP contribution >= 0.6 is 0 Å². The summed E-state index contributed by atoms with van der Waals surface area (Å²) in [6, 6.07) is 0.837. The molecule has 1 aliphatic carbocycles. The van der Waals surface area contributed by atoms with Gasteiger partial charge in [-0.05, 0) is 45.3 Å². The van der Waals surface area contributed by atoms with Crippen molar-refractivity contribution < 1.29 is 0 Å². The highest BCUT2D eigenvalue weighted by molar-refractivity contribution is 4.80. The first kappa shape index (κ1) is 14.3. The predicted molar refractivity (Wildman–Crippen MR) is 78.0 cm³/mol. The van der Waals surface area contributed by atoms with Crippen molar-refractivity contribution in [1.29, 1.82) is 0 Å². The molecule has 0 aromatic heterocycles. The molecule has 1 N–H and O–H groups in total. The van der Waals surface area contributed by atoms with E-state index in [9.17, 15) is 0 Å². The third-order valence-corrected chi connectivity index (χ3v) is 4.83. The highest BCUT2D eigenvalue weighted by Gasteiger charge is 2.24. The minimum absolute atomic E-state index is 0.837.